The van der Waals surface area contributed by atoms with Crippen LogP contribution in [0, 0.1) is 26.1 Å². The van der Waals surface area contributed by atoms with Gasteiger partial charge in [-0.15, -0.1) is 0 Å². The number of nitro benzene ring substituents is 2. The first-order valence-corrected chi connectivity index (χ1v) is 8.40. The van der Waals surface area contributed by atoms with Gasteiger partial charge in [0.05, 0.1) is 15.9 Å². The number of carbonyl (C=O) groups is 2. The second-order valence-corrected chi connectivity index (χ2v) is 7.37. The van der Waals surface area contributed by atoms with Crippen LogP contribution < -0.4 is 0 Å². The molecule has 27 heavy (non-hydrogen) atoms. The van der Waals surface area contributed by atoms with Crippen molar-refractivity contribution in [1.82, 2.24) is 4.90 Å². The fourth-order valence-electron chi connectivity index (χ4n) is 2.85. The number of rotatable bonds is 4. The van der Waals surface area contributed by atoms with E-state index in [-0.39, 0.29) is 37.3 Å². The average molecular weight is 379 g/mol. The van der Waals surface area contributed by atoms with Crippen LogP contribution in [0.25, 0.3) is 0 Å². The molecule has 146 valence electrons. The maximum Gasteiger partial charge on any atom is 0.410 e. The molecule has 0 N–H and O–H groups in total. The Bertz CT molecular complexity index is 785. The van der Waals surface area contributed by atoms with E-state index in [2.05, 4.69) is 0 Å². The Morgan fingerprint density at radius 2 is 1.93 bits per heavy atom. The predicted molar refractivity (Wildman–Crippen MR) is 94.4 cm³/mol. The Labute approximate surface area is 155 Å². The monoisotopic (exact) mass is 379 g/mol. The molecule has 1 amide bonds. The fourth-order valence-corrected chi connectivity index (χ4v) is 2.85. The number of benzene rings is 1. The van der Waals surface area contributed by atoms with Crippen molar-refractivity contribution in [3.05, 3.63) is 44.0 Å². The number of non-ortho nitro benzene ring substituents is 1. The number of likely N-dealkylation sites (tertiary alicyclic amines) is 1. The Morgan fingerprint density at radius 1 is 1.26 bits per heavy atom. The van der Waals surface area contributed by atoms with Crippen molar-refractivity contribution in [2.45, 2.75) is 39.2 Å². The third-order valence-corrected chi connectivity index (χ3v) is 4.12. The summed E-state index contributed by atoms with van der Waals surface area (Å²) in [5.74, 6) is -0.742. The highest BCUT2D eigenvalue weighted by Crippen LogP contribution is 2.29. The van der Waals surface area contributed by atoms with Crippen LogP contribution in [0.15, 0.2) is 18.2 Å². The number of Topliss-reactive ketones (excluding diaryl/α,β-unsaturated/α-hetero) is 1. The van der Waals surface area contributed by atoms with Gasteiger partial charge in [-0.2, -0.15) is 0 Å². The van der Waals surface area contributed by atoms with Crippen LogP contribution in [0.1, 0.15) is 32.8 Å². The first-order valence-electron chi connectivity index (χ1n) is 8.40. The van der Waals surface area contributed by atoms with Crippen LogP contribution in [0.3, 0.4) is 0 Å². The molecule has 2 rings (SSSR count). The van der Waals surface area contributed by atoms with Crippen LogP contribution in [-0.4, -0.2) is 45.3 Å². The Kier molecular flexibility index (Phi) is 5.77. The predicted octanol–water partition coefficient (Wildman–Crippen LogP) is 2.87. The van der Waals surface area contributed by atoms with Gasteiger partial charge in [0, 0.05) is 37.1 Å². The number of piperidine rings is 1. The number of nitrogens with zero attached hydrogens (tertiary/aromatic N) is 3. The summed E-state index contributed by atoms with van der Waals surface area (Å²) in [6, 6.07) is 3.34. The largest absolute Gasteiger partial charge is 0.444 e. The number of ketones is 1. The standard InChI is InChI=1S/C17H21N3O7/c1-17(2,3)27-16(22)18-7-6-15(21)12(10-18)8-11-4-5-13(19(23)24)9-14(11)20(25)26/h4-5,9,12H,6-8,10H2,1-3H3/t12-/m1/s1. The molecule has 1 aromatic carbocycles. The van der Waals surface area contributed by atoms with Gasteiger partial charge in [0.25, 0.3) is 11.4 Å². The summed E-state index contributed by atoms with van der Waals surface area (Å²) >= 11 is 0. The van der Waals surface area contributed by atoms with E-state index in [0.29, 0.717) is 0 Å². The summed E-state index contributed by atoms with van der Waals surface area (Å²) in [5.41, 5.74) is -1.26. The number of carbonyl (C=O) groups excluding carboxylic acids is 2. The van der Waals surface area contributed by atoms with Gasteiger partial charge in [-0.3, -0.25) is 25.0 Å². The molecule has 0 radical (unpaired) electrons. The fraction of sp³-hybridized carbons (Fsp3) is 0.529. The Balaban J connectivity index is 2.20. The van der Waals surface area contributed by atoms with Crippen molar-refractivity contribution in [3.63, 3.8) is 0 Å². The summed E-state index contributed by atoms with van der Waals surface area (Å²) < 4.78 is 5.31. The number of ether oxygens (including phenoxy) is 1. The summed E-state index contributed by atoms with van der Waals surface area (Å²) in [6.07, 6.45) is -0.393. The van der Waals surface area contributed by atoms with Gasteiger partial charge < -0.3 is 9.64 Å². The first kappa shape index (κ1) is 20.3. The molecule has 10 heteroatoms. The molecule has 0 saturated carbocycles. The minimum Gasteiger partial charge on any atom is -0.444 e. The van der Waals surface area contributed by atoms with E-state index in [1.807, 2.05) is 0 Å². The topological polar surface area (TPSA) is 133 Å². The van der Waals surface area contributed by atoms with Gasteiger partial charge in [0.2, 0.25) is 0 Å². The molecule has 1 heterocycles. The van der Waals surface area contributed by atoms with E-state index in [1.165, 1.54) is 17.0 Å². The maximum atomic E-state index is 12.3. The SMILES string of the molecule is CC(C)(C)OC(=O)N1CCC(=O)[C@H](Cc2ccc([N+](=O)[O-])cc2[N+](=O)[O-])C1. The molecule has 10 nitrogen and oxygen atoms in total. The number of nitro groups is 2. The number of hydrogen-bond donors (Lipinski definition) is 0. The quantitative estimate of drug-likeness (QED) is 0.580. The zero-order chi connectivity index (χ0) is 20.4. The molecule has 0 aliphatic carbocycles. The normalized spacial score (nSPS) is 17.5. The molecule has 1 aliphatic rings. The maximum absolute atomic E-state index is 12.3. The molecule has 1 atom stereocenters. The highest BCUT2D eigenvalue weighted by atomic mass is 16.6. The zero-order valence-electron chi connectivity index (χ0n) is 15.3. The van der Waals surface area contributed by atoms with Gasteiger partial charge in [-0.1, -0.05) is 0 Å². The van der Waals surface area contributed by atoms with E-state index < -0.39 is 38.8 Å². The third-order valence-electron chi connectivity index (χ3n) is 4.12. The average Bonchev–Trinajstić information content (AvgIpc) is 2.55. The highest BCUT2D eigenvalue weighted by Gasteiger charge is 2.34. The zero-order valence-corrected chi connectivity index (χ0v) is 15.3. The van der Waals surface area contributed by atoms with Crippen LogP contribution in [0.2, 0.25) is 0 Å². The van der Waals surface area contributed by atoms with Crippen LogP contribution in [0.5, 0.6) is 0 Å². The van der Waals surface area contributed by atoms with Gasteiger partial charge >= 0.3 is 6.09 Å². The Hall–Kier alpha value is -3.04. The molecule has 0 spiro atoms. The van der Waals surface area contributed by atoms with E-state index in [9.17, 15) is 29.8 Å². The molecule has 0 aromatic heterocycles. The molecule has 1 aromatic rings. The van der Waals surface area contributed by atoms with Crippen LogP contribution >= 0.6 is 0 Å². The van der Waals surface area contributed by atoms with Crippen LogP contribution in [0.4, 0.5) is 16.2 Å². The van der Waals surface area contributed by atoms with Crippen molar-refractivity contribution in [3.8, 4) is 0 Å². The van der Waals surface area contributed by atoms with Gasteiger partial charge in [0.15, 0.2) is 0 Å². The second kappa shape index (κ2) is 7.68. The molecule has 1 saturated heterocycles. The minimum absolute atomic E-state index is 0.0203. The van der Waals surface area contributed by atoms with E-state index >= 15 is 0 Å². The first-order chi connectivity index (χ1) is 12.5. The third kappa shape index (κ3) is 5.22. The molecule has 0 bridgehead atoms. The Morgan fingerprint density at radius 3 is 2.48 bits per heavy atom. The smallest absolute Gasteiger partial charge is 0.410 e. The van der Waals surface area contributed by atoms with Crippen molar-refractivity contribution in [2.75, 3.05) is 13.1 Å². The van der Waals surface area contributed by atoms with Crippen molar-refractivity contribution < 1.29 is 24.2 Å². The number of amides is 1. The lowest BCUT2D eigenvalue weighted by molar-refractivity contribution is -0.394. The lowest BCUT2D eigenvalue weighted by atomic mass is 9.89. The van der Waals surface area contributed by atoms with E-state index in [1.54, 1.807) is 20.8 Å². The molecule has 0 unspecified atom stereocenters. The second-order valence-electron chi connectivity index (χ2n) is 7.37. The highest BCUT2D eigenvalue weighted by molar-refractivity contribution is 5.84. The van der Waals surface area contributed by atoms with Gasteiger partial charge in [-0.05, 0) is 33.3 Å². The summed E-state index contributed by atoms with van der Waals surface area (Å²) in [5, 5.41) is 22.1. The number of hydrogen-bond acceptors (Lipinski definition) is 7. The van der Waals surface area contributed by atoms with E-state index in [4.69, 9.17) is 4.74 Å². The molecular formula is C17H21N3O7. The van der Waals surface area contributed by atoms with Crippen LogP contribution in [-0.2, 0) is 16.0 Å². The van der Waals surface area contributed by atoms with Gasteiger partial charge in [0.1, 0.15) is 11.4 Å². The molecule has 1 aliphatic heterocycles. The summed E-state index contributed by atoms with van der Waals surface area (Å²) in [6.45, 7) is 5.52. The lowest BCUT2D eigenvalue weighted by Crippen LogP contribution is -2.46. The van der Waals surface area contributed by atoms with Gasteiger partial charge in [-0.25, -0.2) is 4.79 Å². The van der Waals surface area contributed by atoms with E-state index in [0.717, 1.165) is 6.07 Å². The molecular weight excluding hydrogens is 358 g/mol. The van der Waals surface area contributed by atoms with Crippen molar-refractivity contribution >= 4 is 23.3 Å². The summed E-state index contributed by atoms with van der Waals surface area (Å²) in [7, 11) is 0. The minimum atomic E-state index is -0.715. The summed E-state index contributed by atoms with van der Waals surface area (Å²) in [4.78, 5) is 46.6. The lowest BCUT2D eigenvalue weighted by Gasteiger charge is -2.33. The molecule has 1 fully saturated rings. The van der Waals surface area contributed by atoms with Crippen molar-refractivity contribution in [1.29, 1.82) is 0 Å². The van der Waals surface area contributed by atoms with Crippen molar-refractivity contribution in [2.24, 2.45) is 5.92 Å².